The molecule has 0 saturated heterocycles. The molecule has 3 unspecified atom stereocenters. The number of carbonyl (C=O) groups is 1. The second kappa shape index (κ2) is 9.36. The fourth-order valence-electron chi connectivity index (χ4n) is 2.88. The van der Waals surface area contributed by atoms with Crippen LogP contribution in [0.25, 0.3) is 0 Å². The van der Waals surface area contributed by atoms with Crippen molar-refractivity contribution < 1.29 is 14.3 Å². The molecule has 1 fully saturated rings. The van der Waals surface area contributed by atoms with Crippen molar-refractivity contribution in [3.05, 3.63) is 0 Å². The highest BCUT2D eigenvalue weighted by molar-refractivity contribution is 5.68. The van der Waals surface area contributed by atoms with Gasteiger partial charge in [0.1, 0.15) is 5.60 Å². The summed E-state index contributed by atoms with van der Waals surface area (Å²) in [5, 5.41) is 6.73. The third-order valence-corrected chi connectivity index (χ3v) is 3.97. The summed E-state index contributed by atoms with van der Waals surface area (Å²) in [6.45, 7) is 8.60. The zero-order valence-corrected chi connectivity index (χ0v) is 14.9. The second-order valence-electron chi connectivity index (χ2n) is 7.35. The normalized spacial score (nSPS) is 24.4. The number of alkyl carbamates (subject to hydrolysis) is 1. The molecule has 0 aromatic carbocycles. The van der Waals surface area contributed by atoms with Crippen molar-refractivity contribution in [2.75, 3.05) is 13.7 Å². The van der Waals surface area contributed by atoms with Gasteiger partial charge in [0.15, 0.2) is 0 Å². The maximum absolute atomic E-state index is 12.1. The molecular weight excluding hydrogens is 280 g/mol. The third-order valence-electron chi connectivity index (χ3n) is 3.97. The summed E-state index contributed by atoms with van der Waals surface area (Å²) in [4.78, 5) is 12.1. The van der Waals surface area contributed by atoms with Crippen LogP contribution in [0, 0.1) is 0 Å². The summed E-state index contributed by atoms with van der Waals surface area (Å²) in [5.74, 6) is 0. The number of ether oxygens (including phenoxy) is 2. The van der Waals surface area contributed by atoms with E-state index in [4.69, 9.17) is 9.47 Å². The van der Waals surface area contributed by atoms with Gasteiger partial charge in [0.2, 0.25) is 0 Å². The molecule has 1 amide bonds. The first kappa shape index (κ1) is 19.2. The van der Waals surface area contributed by atoms with E-state index in [1.54, 1.807) is 7.11 Å². The van der Waals surface area contributed by atoms with Crippen LogP contribution in [0.5, 0.6) is 0 Å². The highest BCUT2D eigenvalue weighted by Crippen LogP contribution is 2.20. The van der Waals surface area contributed by atoms with Crippen LogP contribution in [0.15, 0.2) is 0 Å². The van der Waals surface area contributed by atoms with Gasteiger partial charge in [0.25, 0.3) is 0 Å². The molecule has 3 atom stereocenters. The molecule has 0 aliphatic heterocycles. The average molecular weight is 314 g/mol. The lowest BCUT2D eigenvalue weighted by molar-refractivity contribution is 0.0487. The van der Waals surface area contributed by atoms with Gasteiger partial charge in [-0.3, -0.25) is 0 Å². The number of carbonyl (C=O) groups excluding carboxylic acids is 1. The van der Waals surface area contributed by atoms with Gasteiger partial charge in [0.05, 0.1) is 0 Å². The van der Waals surface area contributed by atoms with Crippen molar-refractivity contribution in [3.8, 4) is 0 Å². The Morgan fingerprint density at radius 3 is 2.41 bits per heavy atom. The molecule has 0 aromatic heterocycles. The van der Waals surface area contributed by atoms with E-state index in [1.807, 2.05) is 20.8 Å². The molecule has 0 bridgehead atoms. The molecule has 1 aliphatic carbocycles. The summed E-state index contributed by atoms with van der Waals surface area (Å²) in [6, 6.07) is 0.829. The predicted molar refractivity (Wildman–Crippen MR) is 89.1 cm³/mol. The Balaban J connectivity index is 2.56. The van der Waals surface area contributed by atoms with Crippen molar-refractivity contribution in [3.63, 3.8) is 0 Å². The number of nitrogens with one attached hydrogen (secondary N) is 2. The first-order chi connectivity index (χ1) is 10.3. The zero-order valence-electron chi connectivity index (χ0n) is 14.9. The maximum atomic E-state index is 12.1. The minimum Gasteiger partial charge on any atom is -0.444 e. The zero-order chi connectivity index (χ0) is 16.6. The molecule has 130 valence electrons. The fourth-order valence-corrected chi connectivity index (χ4v) is 2.88. The quantitative estimate of drug-likeness (QED) is 0.739. The average Bonchev–Trinajstić information content (AvgIpc) is 2.60. The Kier molecular flexibility index (Phi) is 8.18. The van der Waals surface area contributed by atoms with E-state index < -0.39 is 5.60 Å². The Morgan fingerprint density at radius 1 is 1.18 bits per heavy atom. The smallest absolute Gasteiger partial charge is 0.407 e. The van der Waals surface area contributed by atoms with Crippen LogP contribution >= 0.6 is 0 Å². The van der Waals surface area contributed by atoms with Crippen LogP contribution in [0.3, 0.4) is 0 Å². The monoisotopic (exact) mass is 314 g/mol. The topological polar surface area (TPSA) is 59.6 Å². The van der Waals surface area contributed by atoms with Gasteiger partial charge in [-0.05, 0) is 47.0 Å². The highest BCUT2D eigenvalue weighted by atomic mass is 16.6. The molecule has 1 aliphatic rings. The van der Waals surface area contributed by atoms with E-state index in [9.17, 15) is 4.79 Å². The van der Waals surface area contributed by atoms with Crippen LogP contribution in [0.2, 0.25) is 0 Å². The molecule has 0 radical (unpaired) electrons. The lowest BCUT2D eigenvalue weighted by Crippen LogP contribution is -2.52. The highest BCUT2D eigenvalue weighted by Gasteiger charge is 2.27. The number of hydrogen-bond donors (Lipinski definition) is 2. The van der Waals surface area contributed by atoms with Crippen LogP contribution in [0.4, 0.5) is 4.79 Å². The van der Waals surface area contributed by atoms with Crippen molar-refractivity contribution in [2.45, 2.75) is 89.9 Å². The summed E-state index contributed by atoms with van der Waals surface area (Å²) >= 11 is 0. The molecule has 2 N–H and O–H groups in total. The standard InChI is InChI=1S/C17H34N2O3/c1-13(11-12-21-5)18-14-9-7-6-8-10-15(14)19-16(20)22-17(2,3)4/h13-15,18H,6-12H2,1-5H3,(H,19,20). The van der Waals surface area contributed by atoms with E-state index in [0.29, 0.717) is 12.1 Å². The largest absolute Gasteiger partial charge is 0.444 e. The predicted octanol–water partition coefficient (Wildman–Crippen LogP) is 3.23. The SMILES string of the molecule is COCCC(C)NC1CCCCCC1NC(=O)OC(C)(C)C. The summed E-state index contributed by atoms with van der Waals surface area (Å²) in [7, 11) is 1.73. The van der Waals surface area contributed by atoms with Gasteiger partial charge >= 0.3 is 6.09 Å². The molecule has 0 heterocycles. The number of rotatable bonds is 6. The summed E-state index contributed by atoms with van der Waals surface area (Å²) in [5.41, 5.74) is -0.455. The second-order valence-corrected chi connectivity index (χ2v) is 7.35. The van der Waals surface area contributed by atoms with Gasteiger partial charge in [-0.1, -0.05) is 19.3 Å². The lowest BCUT2D eigenvalue weighted by atomic mass is 10.0. The summed E-state index contributed by atoms with van der Waals surface area (Å²) < 4.78 is 10.5. The Bertz CT molecular complexity index is 328. The van der Waals surface area contributed by atoms with Gasteiger partial charge in [-0.25, -0.2) is 4.79 Å². The van der Waals surface area contributed by atoms with Gasteiger partial charge < -0.3 is 20.1 Å². The van der Waals surface area contributed by atoms with E-state index in [0.717, 1.165) is 32.3 Å². The van der Waals surface area contributed by atoms with Crippen molar-refractivity contribution in [2.24, 2.45) is 0 Å². The van der Waals surface area contributed by atoms with Crippen LogP contribution in [-0.4, -0.2) is 43.5 Å². The number of amides is 1. The number of hydrogen-bond acceptors (Lipinski definition) is 4. The fraction of sp³-hybridized carbons (Fsp3) is 0.941. The lowest BCUT2D eigenvalue weighted by Gasteiger charge is -2.31. The van der Waals surface area contributed by atoms with Gasteiger partial charge in [0, 0.05) is 31.8 Å². The van der Waals surface area contributed by atoms with Crippen LogP contribution in [-0.2, 0) is 9.47 Å². The van der Waals surface area contributed by atoms with Crippen molar-refractivity contribution >= 4 is 6.09 Å². The van der Waals surface area contributed by atoms with E-state index >= 15 is 0 Å². The Hall–Kier alpha value is -0.810. The Morgan fingerprint density at radius 2 is 1.82 bits per heavy atom. The molecule has 22 heavy (non-hydrogen) atoms. The van der Waals surface area contributed by atoms with Crippen molar-refractivity contribution in [1.82, 2.24) is 10.6 Å². The molecule has 1 rings (SSSR count). The van der Waals surface area contributed by atoms with E-state index in [-0.39, 0.29) is 12.1 Å². The van der Waals surface area contributed by atoms with Gasteiger partial charge in [-0.2, -0.15) is 0 Å². The molecule has 5 heteroatoms. The maximum Gasteiger partial charge on any atom is 0.407 e. The number of methoxy groups -OCH3 is 1. The molecule has 5 nitrogen and oxygen atoms in total. The molecule has 1 saturated carbocycles. The summed E-state index contributed by atoms with van der Waals surface area (Å²) in [6.07, 6.45) is 6.37. The molecular formula is C17H34N2O3. The first-order valence-electron chi connectivity index (χ1n) is 8.56. The van der Waals surface area contributed by atoms with E-state index in [1.165, 1.54) is 12.8 Å². The van der Waals surface area contributed by atoms with Crippen LogP contribution < -0.4 is 10.6 Å². The Labute approximate surface area is 135 Å². The molecule has 0 spiro atoms. The molecule has 0 aromatic rings. The third kappa shape index (κ3) is 7.99. The van der Waals surface area contributed by atoms with Crippen molar-refractivity contribution in [1.29, 1.82) is 0 Å². The van der Waals surface area contributed by atoms with Gasteiger partial charge in [-0.15, -0.1) is 0 Å². The van der Waals surface area contributed by atoms with E-state index in [2.05, 4.69) is 17.6 Å². The minimum absolute atomic E-state index is 0.141. The minimum atomic E-state index is -0.455. The first-order valence-corrected chi connectivity index (χ1v) is 8.56. The van der Waals surface area contributed by atoms with Crippen LogP contribution in [0.1, 0.15) is 66.2 Å².